The maximum Gasteiger partial charge on any atom is 0.312 e. The van der Waals surface area contributed by atoms with Gasteiger partial charge < -0.3 is 5.32 Å². The van der Waals surface area contributed by atoms with Crippen molar-refractivity contribution in [2.24, 2.45) is 5.92 Å². The molecular formula is C11H14ClN3O2. The number of pyridine rings is 1. The molecule has 1 aromatic rings. The van der Waals surface area contributed by atoms with Crippen LogP contribution in [0.1, 0.15) is 26.2 Å². The molecule has 2 atom stereocenters. The van der Waals surface area contributed by atoms with Crippen molar-refractivity contribution in [1.82, 2.24) is 4.98 Å². The number of rotatable bonds is 3. The molecule has 1 saturated carbocycles. The maximum atomic E-state index is 10.9. The lowest BCUT2D eigenvalue weighted by Crippen LogP contribution is -2.23. The van der Waals surface area contributed by atoms with Crippen molar-refractivity contribution in [3.63, 3.8) is 0 Å². The lowest BCUT2D eigenvalue weighted by atomic mass is 10.1. The Morgan fingerprint density at radius 1 is 1.59 bits per heavy atom. The van der Waals surface area contributed by atoms with E-state index in [9.17, 15) is 10.1 Å². The van der Waals surface area contributed by atoms with Crippen LogP contribution in [0.15, 0.2) is 12.3 Å². The first-order valence-electron chi connectivity index (χ1n) is 5.64. The van der Waals surface area contributed by atoms with Crippen molar-refractivity contribution >= 4 is 23.1 Å². The van der Waals surface area contributed by atoms with E-state index < -0.39 is 4.92 Å². The summed E-state index contributed by atoms with van der Waals surface area (Å²) in [6, 6.07) is 1.60. The molecule has 6 heteroatoms. The molecule has 1 aliphatic rings. The molecule has 92 valence electrons. The fourth-order valence-corrected chi connectivity index (χ4v) is 2.37. The molecule has 1 N–H and O–H groups in total. The third-order valence-electron chi connectivity index (χ3n) is 3.21. The molecule has 1 heterocycles. The minimum absolute atomic E-state index is 0.0587. The van der Waals surface area contributed by atoms with Gasteiger partial charge in [0.15, 0.2) is 0 Å². The average Bonchev–Trinajstić information content (AvgIpc) is 2.67. The fraction of sp³-hybridized carbons (Fsp3) is 0.545. The van der Waals surface area contributed by atoms with E-state index >= 15 is 0 Å². The van der Waals surface area contributed by atoms with Crippen LogP contribution in [0, 0.1) is 16.0 Å². The Morgan fingerprint density at radius 2 is 2.35 bits per heavy atom. The summed E-state index contributed by atoms with van der Waals surface area (Å²) in [5.41, 5.74) is -0.0587. The van der Waals surface area contributed by atoms with Gasteiger partial charge in [-0.05, 0) is 18.8 Å². The third-order valence-corrected chi connectivity index (χ3v) is 3.42. The molecule has 5 nitrogen and oxygen atoms in total. The number of nitro groups is 1. The first-order chi connectivity index (χ1) is 8.08. The third kappa shape index (κ3) is 2.66. The first kappa shape index (κ1) is 12.1. The molecule has 1 fully saturated rings. The van der Waals surface area contributed by atoms with Crippen molar-refractivity contribution < 1.29 is 4.92 Å². The van der Waals surface area contributed by atoms with Crippen molar-refractivity contribution in [2.45, 2.75) is 32.2 Å². The predicted molar refractivity (Wildman–Crippen MR) is 66.3 cm³/mol. The summed E-state index contributed by atoms with van der Waals surface area (Å²) in [4.78, 5) is 14.5. The van der Waals surface area contributed by atoms with Crippen LogP contribution in [0.5, 0.6) is 0 Å². The maximum absolute atomic E-state index is 10.9. The highest BCUT2D eigenvalue weighted by molar-refractivity contribution is 6.30. The van der Waals surface area contributed by atoms with Gasteiger partial charge in [-0.2, -0.15) is 0 Å². The number of anilines is 1. The smallest absolute Gasteiger partial charge is 0.312 e. The van der Waals surface area contributed by atoms with Gasteiger partial charge in [0, 0.05) is 18.3 Å². The van der Waals surface area contributed by atoms with Gasteiger partial charge in [0.25, 0.3) is 0 Å². The molecule has 17 heavy (non-hydrogen) atoms. The first-order valence-corrected chi connectivity index (χ1v) is 6.02. The highest BCUT2D eigenvalue weighted by Crippen LogP contribution is 2.31. The minimum Gasteiger partial charge on any atom is -0.361 e. The fourth-order valence-electron chi connectivity index (χ4n) is 2.21. The van der Waals surface area contributed by atoms with Crippen molar-refractivity contribution in [3.05, 3.63) is 27.4 Å². The van der Waals surface area contributed by atoms with Crippen LogP contribution in [0.4, 0.5) is 11.5 Å². The quantitative estimate of drug-likeness (QED) is 0.665. The standard InChI is InChI=1S/C11H14ClN3O2/c1-7-3-2-4-9(7)14-11-10(15(16)17)5-8(12)6-13-11/h5-7,9H,2-4H2,1H3,(H,13,14). The van der Waals surface area contributed by atoms with Gasteiger partial charge in [-0.3, -0.25) is 10.1 Å². The van der Waals surface area contributed by atoms with Crippen LogP contribution >= 0.6 is 11.6 Å². The average molecular weight is 256 g/mol. The molecule has 0 radical (unpaired) electrons. The van der Waals surface area contributed by atoms with E-state index in [1.54, 1.807) is 0 Å². The van der Waals surface area contributed by atoms with Gasteiger partial charge in [0.05, 0.1) is 9.95 Å². The summed E-state index contributed by atoms with van der Waals surface area (Å²) >= 11 is 5.71. The summed E-state index contributed by atoms with van der Waals surface area (Å²) in [5, 5.41) is 14.3. The zero-order chi connectivity index (χ0) is 12.4. The molecule has 0 aromatic carbocycles. The Bertz CT molecular complexity index is 439. The van der Waals surface area contributed by atoms with Gasteiger partial charge in [-0.1, -0.05) is 24.9 Å². The van der Waals surface area contributed by atoms with Gasteiger partial charge in [0.2, 0.25) is 5.82 Å². The Labute approximate surface area is 104 Å². The van der Waals surface area contributed by atoms with E-state index in [0.717, 1.165) is 19.3 Å². The zero-order valence-electron chi connectivity index (χ0n) is 9.52. The number of nitrogens with zero attached hydrogens (tertiary/aromatic N) is 2. The van der Waals surface area contributed by atoms with Crippen LogP contribution < -0.4 is 5.32 Å². The number of nitrogens with one attached hydrogen (secondary N) is 1. The second-order valence-electron chi connectivity index (χ2n) is 4.44. The number of halogens is 1. The van der Waals surface area contributed by atoms with Crippen molar-refractivity contribution in [1.29, 1.82) is 0 Å². The van der Waals surface area contributed by atoms with Crippen molar-refractivity contribution in [3.8, 4) is 0 Å². The van der Waals surface area contributed by atoms with E-state index in [1.165, 1.54) is 12.3 Å². The topological polar surface area (TPSA) is 68.1 Å². The van der Waals surface area contributed by atoms with Gasteiger partial charge in [-0.15, -0.1) is 0 Å². The Balaban J connectivity index is 2.22. The lowest BCUT2D eigenvalue weighted by Gasteiger charge is -2.17. The lowest BCUT2D eigenvalue weighted by molar-refractivity contribution is -0.384. The minimum atomic E-state index is -0.458. The normalized spacial score (nSPS) is 23.6. The van der Waals surface area contributed by atoms with E-state index in [4.69, 9.17) is 11.6 Å². The predicted octanol–water partition coefficient (Wildman–Crippen LogP) is 3.24. The largest absolute Gasteiger partial charge is 0.361 e. The molecule has 2 unspecified atom stereocenters. The molecule has 0 spiro atoms. The molecule has 0 amide bonds. The molecule has 0 saturated heterocycles. The Kier molecular flexibility index (Phi) is 3.47. The molecule has 0 aliphatic heterocycles. The Morgan fingerprint density at radius 3 is 2.94 bits per heavy atom. The summed E-state index contributed by atoms with van der Waals surface area (Å²) < 4.78 is 0. The van der Waals surface area contributed by atoms with E-state index in [2.05, 4.69) is 17.2 Å². The van der Waals surface area contributed by atoms with E-state index in [-0.39, 0.29) is 16.8 Å². The van der Waals surface area contributed by atoms with E-state index in [0.29, 0.717) is 11.7 Å². The van der Waals surface area contributed by atoms with Gasteiger partial charge >= 0.3 is 5.69 Å². The summed E-state index contributed by atoms with van der Waals surface area (Å²) in [6.45, 7) is 2.15. The van der Waals surface area contributed by atoms with Crippen LogP contribution in [0.25, 0.3) is 0 Å². The van der Waals surface area contributed by atoms with Gasteiger partial charge in [-0.25, -0.2) is 4.98 Å². The second kappa shape index (κ2) is 4.87. The number of hydrogen-bond donors (Lipinski definition) is 1. The summed E-state index contributed by atoms with van der Waals surface area (Å²) in [5.74, 6) is 0.838. The molecule has 0 bridgehead atoms. The molecule has 2 rings (SSSR count). The van der Waals surface area contributed by atoms with Crippen LogP contribution in [0.2, 0.25) is 5.02 Å². The molecular weight excluding hydrogens is 242 g/mol. The monoisotopic (exact) mass is 255 g/mol. The van der Waals surface area contributed by atoms with Crippen LogP contribution in [-0.2, 0) is 0 Å². The SMILES string of the molecule is CC1CCCC1Nc1ncc(Cl)cc1[N+](=O)[O-]. The molecule has 1 aromatic heterocycles. The highest BCUT2D eigenvalue weighted by Gasteiger charge is 2.26. The van der Waals surface area contributed by atoms with Crippen molar-refractivity contribution in [2.75, 3.05) is 5.32 Å². The molecule has 1 aliphatic carbocycles. The summed E-state index contributed by atoms with van der Waals surface area (Å²) in [6.07, 6.45) is 4.76. The van der Waals surface area contributed by atoms with Crippen LogP contribution in [-0.4, -0.2) is 15.9 Å². The highest BCUT2D eigenvalue weighted by atomic mass is 35.5. The number of aromatic nitrogens is 1. The summed E-state index contributed by atoms with van der Waals surface area (Å²) in [7, 11) is 0. The Hall–Kier alpha value is -1.36. The number of hydrogen-bond acceptors (Lipinski definition) is 4. The zero-order valence-corrected chi connectivity index (χ0v) is 10.3. The van der Waals surface area contributed by atoms with Gasteiger partial charge in [0.1, 0.15) is 0 Å². The second-order valence-corrected chi connectivity index (χ2v) is 4.87. The van der Waals surface area contributed by atoms with E-state index in [1.807, 2.05) is 0 Å². The van der Waals surface area contributed by atoms with Crippen LogP contribution in [0.3, 0.4) is 0 Å².